The quantitative estimate of drug-likeness (QED) is 0.347. The number of aromatic amines is 1. The van der Waals surface area contributed by atoms with Gasteiger partial charge >= 0.3 is 0 Å². The van der Waals surface area contributed by atoms with Crippen molar-refractivity contribution in [3.05, 3.63) is 71.9 Å². The summed E-state index contributed by atoms with van der Waals surface area (Å²) in [6.45, 7) is 2.05. The van der Waals surface area contributed by atoms with Crippen LogP contribution in [0.3, 0.4) is 0 Å². The van der Waals surface area contributed by atoms with Gasteiger partial charge < -0.3 is 14.9 Å². The molecule has 8 heteroatoms. The Bertz CT molecular complexity index is 1360. The summed E-state index contributed by atoms with van der Waals surface area (Å²) in [5, 5.41) is 6.25. The Balaban J connectivity index is 1.45. The number of nitrogens with zero attached hydrogens (tertiary/aromatic N) is 3. The maximum absolute atomic E-state index is 11.8. The lowest BCUT2D eigenvalue weighted by atomic mass is 10.2. The van der Waals surface area contributed by atoms with Crippen molar-refractivity contribution in [3.8, 4) is 22.6 Å². The number of benzene rings is 2. The first-order chi connectivity index (χ1) is 15.1. The fraction of sp³-hybridized carbons (Fsp3) is 0.0870. The van der Waals surface area contributed by atoms with Gasteiger partial charge in [-0.3, -0.25) is 4.98 Å². The number of hydrogen-bond donors (Lipinski definition) is 2. The molecule has 1 atom stereocenters. The minimum atomic E-state index is -1.03. The van der Waals surface area contributed by atoms with Crippen LogP contribution in [0, 0.1) is 6.92 Å². The number of aromatic nitrogens is 4. The van der Waals surface area contributed by atoms with E-state index in [1.54, 1.807) is 23.8 Å². The second kappa shape index (κ2) is 8.14. The Kier molecular flexibility index (Phi) is 5.19. The molecule has 0 aliphatic heterocycles. The Morgan fingerprint density at radius 3 is 2.74 bits per heavy atom. The first kappa shape index (κ1) is 19.7. The average Bonchev–Trinajstić information content (AvgIpc) is 3.42. The highest BCUT2D eigenvalue weighted by Gasteiger charge is 2.12. The third-order valence-corrected chi connectivity index (χ3v) is 6.65. The van der Waals surface area contributed by atoms with Gasteiger partial charge in [0.2, 0.25) is 0 Å². The summed E-state index contributed by atoms with van der Waals surface area (Å²) in [6, 6.07) is 15.6. The van der Waals surface area contributed by atoms with E-state index in [0.717, 1.165) is 55.0 Å². The first-order valence-electron chi connectivity index (χ1n) is 9.64. The van der Waals surface area contributed by atoms with E-state index in [-0.39, 0.29) is 0 Å². The van der Waals surface area contributed by atoms with E-state index < -0.39 is 11.2 Å². The van der Waals surface area contributed by atoms with Crippen molar-refractivity contribution in [2.75, 3.05) is 11.6 Å². The summed E-state index contributed by atoms with van der Waals surface area (Å²) in [7, 11) is 0. The number of rotatable bonds is 5. The van der Waals surface area contributed by atoms with E-state index in [1.807, 2.05) is 54.0 Å². The second-order valence-electron chi connectivity index (χ2n) is 7.16. The highest BCUT2D eigenvalue weighted by atomic mass is 32.2. The number of H-pyrrole nitrogens is 1. The summed E-state index contributed by atoms with van der Waals surface area (Å²) in [4.78, 5) is 17.8. The molecule has 0 fully saturated rings. The molecule has 0 aliphatic rings. The van der Waals surface area contributed by atoms with Crippen LogP contribution < -0.4 is 5.32 Å². The minimum Gasteiger partial charge on any atom is -0.612 e. The number of fused-ring (bicyclic) bond motifs is 1. The molecule has 0 radical (unpaired) electrons. The predicted molar refractivity (Wildman–Crippen MR) is 127 cm³/mol. The Hall–Kier alpha value is -3.20. The molecule has 0 saturated carbocycles. The normalized spacial score (nSPS) is 12.2. The molecule has 0 amide bonds. The molecule has 6 nitrogen and oxygen atoms in total. The number of nitrogens with one attached hydrogen (secondary N) is 2. The molecule has 2 aromatic carbocycles. The molecular weight excluding hydrogens is 426 g/mol. The number of aryl methyl sites for hydroxylation is 1. The number of thiazole rings is 1. The van der Waals surface area contributed by atoms with Gasteiger partial charge in [0.1, 0.15) is 12.1 Å². The van der Waals surface area contributed by atoms with Gasteiger partial charge in [-0.25, -0.2) is 9.97 Å². The molecular formula is C23H19N5OS2. The lowest BCUT2D eigenvalue weighted by Crippen LogP contribution is -1.97. The molecule has 2 N–H and O–H groups in total. The molecule has 0 spiro atoms. The predicted octanol–water partition coefficient (Wildman–Crippen LogP) is 5.54. The molecule has 0 saturated heterocycles. The summed E-state index contributed by atoms with van der Waals surface area (Å²) in [5.74, 6) is 0.756. The van der Waals surface area contributed by atoms with Gasteiger partial charge in [0.25, 0.3) is 0 Å². The fourth-order valence-electron chi connectivity index (χ4n) is 3.35. The molecule has 5 aromatic rings. The van der Waals surface area contributed by atoms with Gasteiger partial charge in [-0.1, -0.05) is 12.1 Å². The van der Waals surface area contributed by atoms with Gasteiger partial charge in [0, 0.05) is 40.7 Å². The zero-order valence-electron chi connectivity index (χ0n) is 16.9. The highest BCUT2D eigenvalue weighted by molar-refractivity contribution is 7.90. The summed E-state index contributed by atoms with van der Waals surface area (Å²) >= 11 is 0.519. The molecule has 31 heavy (non-hydrogen) atoms. The van der Waals surface area contributed by atoms with Crippen LogP contribution in [0.5, 0.6) is 0 Å². The van der Waals surface area contributed by atoms with E-state index in [1.165, 1.54) is 0 Å². The Morgan fingerprint density at radius 1 is 1.06 bits per heavy atom. The van der Waals surface area contributed by atoms with Crippen molar-refractivity contribution in [1.82, 2.24) is 19.9 Å². The molecule has 3 aromatic heterocycles. The minimum absolute atomic E-state index is 0.756. The van der Waals surface area contributed by atoms with E-state index >= 15 is 0 Å². The lowest BCUT2D eigenvalue weighted by Gasteiger charge is -2.06. The molecule has 3 heterocycles. The monoisotopic (exact) mass is 445 g/mol. The number of pyridine rings is 1. The lowest BCUT2D eigenvalue weighted by molar-refractivity contribution is 0.601. The summed E-state index contributed by atoms with van der Waals surface area (Å²) in [6.07, 6.45) is 5.24. The summed E-state index contributed by atoms with van der Waals surface area (Å²) in [5.41, 5.74) is 6.66. The smallest absolute Gasteiger partial charge is 0.187 e. The maximum atomic E-state index is 11.8. The van der Waals surface area contributed by atoms with Crippen LogP contribution in [0.15, 0.2) is 71.2 Å². The Labute approximate surface area is 186 Å². The maximum Gasteiger partial charge on any atom is 0.187 e. The molecule has 5 rings (SSSR count). The van der Waals surface area contributed by atoms with Gasteiger partial charge in [-0.15, -0.1) is 11.3 Å². The largest absolute Gasteiger partial charge is 0.612 e. The zero-order chi connectivity index (χ0) is 21.4. The molecule has 0 bridgehead atoms. The SMILES string of the molecule is Cc1cc2[nH]c(-c3cccc([S+](C)[O-])c3)nc2cc1Nc1nc(-c2cccnc2)cs1. The van der Waals surface area contributed by atoms with E-state index in [4.69, 9.17) is 4.98 Å². The number of anilines is 2. The van der Waals surface area contributed by atoms with Crippen molar-refractivity contribution in [3.63, 3.8) is 0 Å². The van der Waals surface area contributed by atoms with Crippen LogP contribution in [0.4, 0.5) is 10.8 Å². The van der Waals surface area contributed by atoms with Crippen molar-refractivity contribution in [2.45, 2.75) is 11.8 Å². The third kappa shape index (κ3) is 4.05. The highest BCUT2D eigenvalue weighted by Crippen LogP contribution is 2.31. The molecule has 0 aliphatic carbocycles. The van der Waals surface area contributed by atoms with Crippen molar-refractivity contribution < 1.29 is 4.55 Å². The average molecular weight is 446 g/mol. The van der Waals surface area contributed by atoms with E-state index in [0.29, 0.717) is 0 Å². The molecule has 1 unspecified atom stereocenters. The standard InChI is InChI=1S/C23H19N5OS2/c1-14-9-19-20(26-22(25-19)15-5-3-7-17(10-15)31(2)29)11-18(14)27-23-28-21(13-30-23)16-6-4-8-24-12-16/h3-13H,1-2H3,(H,25,26)(H,27,28). The Morgan fingerprint density at radius 2 is 1.94 bits per heavy atom. The van der Waals surface area contributed by atoms with Crippen LogP contribution in [0.25, 0.3) is 33.7 Å². The summed E-state index contributed by atoms with van der Waals surface area (Å²) < 4.78 is 11.8. The van der Waals surface area contributed by atoms with Gasteiger partial charge in [-0.05, 0) is 54.0 Å². The van der Waals surface area contributed by atoms with Crippen LogP contribution in [-0.2, 0) is 11.2 Å². The van der Waals surface area contributed by atoms with E-state index in [9.17, 15) is 4.55 Å². The third-order valence-electron chi connectivity index (χ3n) is 4.97. The second-order valence-corrected chi connectivity index (χ2v) is 9.39. The molecule has 154 valence electrons. The van der Waals surface area contributed by atoms with Crippen LogP contribution in [0.1, 0.15) is 5.56 Å². The van der Waals surface area contributed by atoms with Crippen LogP contribution in [-0.4, -0.2) is 30.7 Å². The van der Waals surface area contributed by atoms with Gasteiger partial charge in [0.05, 0.1) is 16.7 Å². The zero-order valence-corrected chi connectivity index (χ0v) is 18.6. The van der Waals surface area contributed by atoms with Crippen molar-refractivity contribution >= 4 is 44.4 Å². The van der Waals surface area contributed by atoms with Crippen molar-refractivity contribution in [2.24, 2.45) is 0 Å². The van der Waals surface area contributed by atoms with E-state index in [2.05, 4.69) is 33.3 Å². The first-order valence-corrected chi connectivity index (χ1v) is 12.1. The van der Waals surface area contributed by atoms with Gasteiger partial charge in [0.15, 0.2) is 10.0 Å². The fourth-order valence-corrected chi connectivity index (χ4v) is 4.65. The van der Waals surface area contributed by atoms with Crippen LogP contribution >= 0.6 is 11.3 Å². The van der Waals surface area contributed by atoms with Crippen LogP contribution in [0.2, 0.25) is 0 Å². The van der Waals surface area contributed by atoms with Gasteiger partial charge in [-0.2, -0.15) is 0 Å². The van der Waals surface area contributed by atoms with Crippen molar-refractivity contribution in [1.29, 1.82) is 0 Å². The number of imidazole rings is 1. The topological polar surface area (TPSA) is 89.5 Å². The number of hydrogen-bond acceptors (Lipinski definition) is 6.